The van der Waals surface area contributed by atoms with Crippen molar-refractivity contribution in [3.8, 4) is 0 Å². The summed E-state index contributed by atoms with van der Waals surface area (Å²) >= 11 is 0. The first-order valence-electron chi connectivity index (χ1n) is 8.02. The number of unbranched alkanes of at least 4 members (excludes halogenated alkanes) is 5. The fraction of sp³-hybridized carbons (Fsp3) is 0.875. The third-order valence-corrected chi connectivity index (χ3v) is 4.18. The molecule has 3 nitrogen and oxygen atoms in total. The van der Waals surface area contributed by atoms with Gasteiger partial charge in [0, 0.05) is 12.3 Å². The maximum absolute atomic E-state index is 11.8. The molecular formula is C16H29NO2. The number of hydrogen-bond acceptors (Lipinski definition) is 2. The van der Waals surface area contributed by atoms with Gasteiger partial charge in [-0.2, -0.15) is 0 Å². The highest BCUT2D eigenvalue weighted by atomic mass is 16.2. The van der Waals surface area contributed by atoms with E-state index in [4.69, 9.17) is 0 Å². The van der Waals surface area contributed by atoms with E-state index in [0.717, 1.165) is 25.7 Å². The summed E-state index contributed by atoms with van der Waals surface area (Å²) in [5.41, 5.74) is 0. The minimum absolute atomic E-state index is 0.0281. The highest BCUT2D eigenvalue weighted by Crippen LogP contribution is 2.30. The van der Waals surface area contributed by atoms with Crippen molar-refractivity contribution in [1.82, 2.24) is 5.32 Å². The molecule has 110 valence electrons. The average molecular weight is 267 g/mol. The van der Waals surface area contributed by atoms with Crippen LogP contribution in [0.3, 0.4) is 0 Å². The van der Waals surface area contributed by atoms with Crippen LogP contribution in [0.1, 0.15) is 78.1 Å². The zero-order valence-corrected chi connectivity index (χ0v) is 12.5. The molecule has 0 radical (unpaired) electrons. The molecule has 1 heterocycles. The Morgan fingerprint density at radius 1 is 1.00 bits per heavy atom. The highest BCUT2D eigenvalue weighted by molar-refractivity contribution is 6.03. The molecule has 1 rings (SSSR count). The van der Waals surface area contributed by atoms with Crippen molar-refractivity contribution in [2.45, 2.75) is 78.1 Å². The maximum atomic E-state index is 11.8. The molecule has 1 aliphatic rings. The van der Waals surface area contributed by atoms with Crippen LogP contribution in [0.2, 0.25) is 0 Å². The van der Waals surface area contributed by atoms with Gasteiger partial charge in [-0.1, -0.05) is 58.8 Å². The minimum Gasteiger partial charge on any atom is -0.296 e. The van der Waals surface area contributed by atoms with Crippen molar-refractivity contribution in [3.05, 3.63) is 0 Å². The number of carbonyl (C=O) groups excluding carboxylic acids is 2. The lowest BCUT2D eigenvalue weighted by atomic mass is 9.83. The van der Waals surface area contributed by atoms with E-state index in [1.165, 1.54) is 32.1 Å². The van der Waals surface area contributed by atoms with Crippen molar-refractivity contribution in [2.75, 3.05) is 0 Å². The molecule has 0 aromatic heterocycles. The highest BCUT2D eigenvalue weighted by Gasteiger charge is 2.35. The number of imide groups is 1. The Morgan fingerprint density at radius 3 is 2.21 bits per heavy atom. The van der Waals surface area contributed by atoms with Gasteiger partial charge in [-0.15, -0.1) is 0 Å². The van der Waals surface area contributed by atoms with Crippen LogP contribution < -0.4 is 5.32 Å². The van der Waals surface area contributed by atoms with Crippen LogP contribution in [0, 0.1) is 11.8 Å². The number of rotatable bonds is 10. The molecule has 0 bridgehead atoms. The first-order chi connectivity index (χ1) is 9.19. The molecule has 1 aliphatic heterocycles. The van der Waals surface area contributed by atoms with Crippen molar-refractivity contribution < 1.29 is 9.59 Å². The summed E-state index contributed by atoms with van der Waals surface area (Å²) in [6, 6.07) is 0. The van der Waals surface area contributed by atoms with Gasteiger partial charge in [0.15, 0.2) is 0 Å². The topological polar surface area (TPSA) is 46.2 Å². The van der Waals surface area contributed by atoms with E-state index >= 15 is 0 Å². The fourth-order valence-electron chi connectivity index (χ4n) is 2.98. The Hall–Kier alpha value is -0.860. The van der Waals surface area contributed by atoms with Crippen LogP contribution in [0.4, 0.5) is 0 Å². The third-order valence-electron chi connectivity index (χ3n) is 4.18. The van der Waals surface area contributed by atoms with Gasteiger partial charge in [-0.05, 0) is 18.8 Å². The largest absolute Gasteiger partial charge is 0.296 e. The second kappa shape index (κ2) is 9.11. The predicted molar refractivity (Wildman–Crippen MR) is 77.6 cm³/mol. The lowest BCUT2D eigenvalue weighted by Crippen LogP contribution is -2.26. The van der Waals surface area contributed by atoms with E-state index < -0.39 is 0 Å². The van der Waals surface area contributed by atoms with Crippen molar-refractivity contribution in [1.29, 1.82) is 0 Å². The zero-order valence-electron chi connectivity index (χ0n) is 12.5. The zero-order chi connectivity index (χ0) is 14.1. The minimum atomic E-state index is -0.0810. The molecule has 2 atom stereocenters. The van der Waals surface area contributed by atoms with Gasteiger partial charge in [-0.25, -0.2) is 0 Å². The van der Waals surface area contributed by atoms with Gasteiger partial charge >= 0.3 is 0 Å². The molecule has 2 amide bonds. The van der Waals surface area contributed by atoms with Gasteiger partial charge in [-0.3, -0.25) is 14.9 Å². The molecular weight excluding hydrogens is 238 g/mol. The van der Waals surface area contributed by atoms with Gasteiger partial charge in [0.25, 0.3) is 0 Å². The molecule has 0 aliphatic carbocycles. The summed E-state index contributed by atoms with van der Waals surface area (Å²) in [5, 5.41) is 2.46. The third kappa shape index (κ3) is 5.75. The molecule has 3 heteroatoms. The molecule has 0 aromatic rings. The molecule has 1 fully saturated rings. The molecule has 0 aromatic carbocycles. The van der Waals surface area contributed by atoms with Crippen molar-refractivity contribution in [2.24, 2.45) is 11.8 Å². The summed E-state index contributed by atoms with van der Waals surface area (Å²) in [6.07, 6.45) is 11.3. The average Bonchev–Trinajstić information content (AvgIpc) is 2.72. The number of hydrogen-bond donors (Lipinski definition) is 1. The van der Waals surface area contributed by atoms with Crippen LogP contribution in [0.15, 0.2) is 0 Å². The fourth-order valence-corrected chi connectivity index (χ4v) is 2.98. The Kier molecular flexibility index (Phi) is 7.76. The van der Waals surface area contributed by atoms with Gasteiger partial charge in [0.1, 0.15) is 0 Å². The SMILES string of the molecule is CCCCCCCC(CCCC)C1CC(=O)NC1=O. The van der Waals surface area contributed by atoms with E-state index in [9.17, 15) is 9.59 Å². The first kappa shape index (κ1) is 16.2. The normalized spacial score (nSPS) is 20.6. The summed E-state index contributed by atoms with van der Waals surface area (Å²) in [7, 11) is 0. The number of amides is 2. The Bertz CT molecular complexity index is 288. The van der Waals surface area contributed by atoms with Gasteiger partial charge < -0.3 is 0 Å². The van der Waals surface area contributed by atoms with Gasteiger partial charge in [0.05, 0.1) is 0 Å². The van der Waals surface area contributed by atoms with Gasteiger partial charge in [0.2, 0.25) is 11.8 Å². The summed E-state index contributed by atoms with van der Waals surface area (Å²) in [4.78, 5) is 23.1. The number of carbonyl (C=O) groups is 2. The molecule has 2 unspecified atom stereocenters. The maximum Gasteiger partial charge on any atom is 0.230 e. The molecule has 1 N–H and O–H groups in total. The molecule has 19 heavy (non-hydrogen) atoms. The van der Waals surface area contributed by atoms with Crippen LogP contribution in [-0.2, 0) is 9.59 Å². The predicted octanol–water partition coefficient (Wildman–Crippen LogP) is 3.82. The first-order valence-corrected chi connectivity index (χ1v) is 8.02. The molecule has 1 saturated heterocycles. The van der Waals surface area contributed by atoms with E-state index in [1.807, 2.05) is 0 Å². The Balaban J connectivity index is 2.38. The Morgan fingerprint density at radius 2 is 1.63 bits per heavy atom. The standard InChI is InChI=1S/C16H29NO2/c1-3-5-7-8-9-11-13(10-6-4-2)14-12-15(18)17-16(14)19/h13-14H,3-12H2,1-2H3,(H,17,18,19). The van der Waals surface area contributed by atoms with E-state index in [-0.39, 0.29) is 17.7 Å². The van der Waals surface area contributed by atoms with Crippen molar-refractivity contribution >= 4 is 11.8 Å². The summed E-state index contributed by atoms with van der Waals surface area (Å²) in [6.45, 7) is 4.40. The second-order valence-electron chi connectivity index (χ2n) is 5.83. The van der Waals surface area contributed by atoms with Crippen LogP contribution in [0.25, 0.3) is 0 Å². The monoisotopic (exact) mass is 267 g/mol. The quantitative estimate of drug-likeness (QED) is 0.483. The number of nitrogens with one attached hydrogen (secondary N) is 1. The van der Waals surface area contributed by atoms with Crippen LogP contribution >= 0.6 is 0 Å². The molecule has 0 saturated carbocycles. The summed E-state index contributed by atoms with van der Waals surface area (Å²) in [5.74, 6) is 0.250. The van der Waals surface area contributed by atoms with E-state index in [1.54, 1.807) is 0 Å². The van der Waals surface area contributed by atoms with E-state index in [2.05, 4.69) is 19.2 Å². The van der Waals surface area contributed by atoms with Crippen LogP contribution in [-0.4, -0.2) is 11.8 Å². The van der Waals surface area contributed by atoms with Crippen molar-refractivity contribution in [3.63, 3.8) is 0 Å². The van der Waals surface area contributed by atoms with Crippen LogP contribution in [0.5, 0.6) is 0 Å². The van der Waals surface area contributed by atoms with E-state index in [0.29, 0.717) is 12.3 Å². The second-order valence-corrected chi connectivity index (χ2v) is 5.83. The lowest BCUT2D eigenvalue weighted by molar-refractivity contribution is -0.126. The smallest absolute Gasteiger partial charge is 0.230 e. The summed E-state index contributed by atoms with van der Waals surface area (Å²) < 4.78 is 0. The Labute approximate surface area is 117 Å². The lowest BCUT2D eigenvalue weighted by Gasteiger charge is -2.20. The molecule has 0 spiro atoms.